The largest absolute Gasteiger partial charge is 0.466 e. The van der Waals surface area contributed by atoms with Gasteiger partial charge in [-0.05, 0) is 19.5 Å². The van der Waals surface area contributed by atoms with Gasteiger partial charge in [0.25, 0.3) is 0 Å². The van der Waals surface area contributed by atoms with Gasteiger partial charge in [-0.3, -0.25) is 9.69 Å². The Kier molecular flexibility index (Phi) is 7.06. The lowest BCUT2D eigenvalue weighted by Gasteiger charge is -2.26. The molecule has 0 bridgehead atoms. The average Bonchev–Trinajstić information content (AvgIpc) is 2.45. The summed E-state index contributed by atoms with van der Waals surface area (Å²) < 4.78 is 4.91. The molecule has 1 aromatic carbocycles. The van der Waals surface area contributed by atoms with Crippen LogP contribution in [0.2, 0.25) is 5.02 Å². The molecular weight excluding hydrogens is 276 g/mol. The van der Waals surface area contributed by atoms with Crippen molar-refractivity contribution in [3.63, 3.8) is 0 Å². The Balaban J connectivity index is 2.78. The van der Waals surface area contributed by atoms with Crippen molar-refractivity contribution < 1.29 is 9.53 Å². The number of esters is 1. The molecule has 0 amide bonds. The molecule has 1 aromatic rings. The van der Waals surface area contributed by atoms with Gasteiger partial charge in [-0.15, -0.1) is 0 Å². The summed E-state index contributed by atoms with van der Waals surface area (Å²) in [5, 5.41) is 9.97. The minimum absolute atomic E-state index is 0.248. The monoisotopic (exact) mass is 294 g/mol. The standard InChI is InChI=1S/C15H19ClN2O2/c1-3-18(10-9-15(19)20-4-2)14(11-17)12-7-5-6-8-13(12)16/h5-8,14H,3-4,9-10H2,1-2H3. The third-order valence-electron chi connectivity index (χ3n) is 3.00. The van der Waals surface area contributed by atoms with Crippen molar-refractivity contribution in [3.05, 3.63) is 34.9 Å². The van der Waals surface area contributed by atoms with E-state index in [1.165, 1.54) is 0 Å². The fourth-order valence-electron chi connectivity index (χ4n) is 1.98. The third-order valence-corrected chi connectivity index (χ3v) is 3.35. The maximum Gasteiger partial charge on any atom is 0.307 e. The number of ether oxygens (including phenoxy) is 1. The summed E-state index contributed by atoms with van der Waals surface area (Å²) in [7, 11) is 0. The zero-order valence-electron chi connectivity index (χ0n) is 11.8. The van der Waals surface area contributed by atoms with E-state index in [-0.39, 0.29) is 12.4 Å². The smallest absolute Gasteiger partial charge is 0.307 e. The van der Waals surface area contributed by atoms with Crippen LogP contribution in [0, 0.1) is 11.3 Å². The van der Waals surface area contributed by atoms with Crippen LogP contribution in [-0.2, 0) is 9.53 Å². The molecule has 0 heterocycles. The first kappa shape index (κ1) is 16.5. The van der Waals surface area contributed by atoms with E-state index in [0.29, 0.717) is 24.7 Å². The number of hydrogen-bond donors (Lipinski definition) is 0. The fraction of sp³-hybridized carbons (Fsp3) is 0.467. The van der Waals surface area contributed by atoms with Crippen LogP contribution in [0.15, 0.2) is 24.3 Å². The zero-order chi connectivity index (χ0) is 15.0. The highest BCUT2D eigenvalue weighted by atomic mass is 35.5. The summed E-state index contributed by atoms with van der Waals surface area (Å²) in [5.41, 5.74) is 0.766. The van der Waals surface area contributed by atoms with Gasteiger partial charge in [0.2, 0.25) is 0 Å². The Morgan fingerprint density at radius 2 is 2.15 bits per heavy atom. The lowest BCUT2D eigenvalue weighted by atomic mass is 10.1. The predicted octanol–water partition coefficient (Wildman–Crippen LogP) is 3.18. The normalized spacial score (nSPS) is 11.9. The van der Waals surface area contributed by atoms with Gasteiger partial charge in [-0.1, -0.05) is 36.7 Å². The maximum atomic E-state index is 11.4. The molecule has 0 fully saturated rings. The summed E-state index contributed by atoms with van der Waals surface area (Å²) >= 11 is 6.14. The Hall–Kier alpha value is -1.57. The van der Waals surface area contributed by atoms with Crippen molar-refractivity contribution in [1.82, 2.24) is 4.90 Å². The van der Waals surface area contributed by atoms with Gasteiger partial charge < -0.3 is 4.74 Å². The van der Waals surface area contributed by atoms with Crippen LogP contribution in [-0.4, -0.2) is 30.6 Å². The number of carbonyl (C=O) groups is 1. The van der Waals surface area contributed by atoms with Crippen molar-refractivity contribution >= 4 is 17.6 Å². The molecule has 0 N–H and O–H groups in total. The summed E-state index contributed by atoms with van der Waals surface area (Å²) in [6.07, 6.45) is 0.268. The van der Waals surface area contributed by atoms with E-state index < -0.39 is 6.04 Å². The number of benzene rings is 1. The molecule has 0 aliphatic carbocycles. The first-order valence-electron chi connectivity index (χ1n) is 6.67. The van der Waals surface area contributed by atoms with Gasteiger partial charge in [0.15, 0.2) is 0 Å². The maximum absolute atomic E-state index is 11.4. The van der Waals surface area contributed by atoms with Crippen molar-refractivity contribution in [1.29, 1.82) is 5.26 Å². The van der Waals surface area contributed by atoms with Crippen molar-refractivity contribution in [2.45, 2.75) is 26.3 Å². The van der Waals surface area contributed by atoms with E-state index in [4.69, 9.17) is 16.3 Å². The summed E-state index contributed by atoms with van der Waals surface area (Å²) in [5.74, 6) is -0.248. The van der Waals surface area contributed by atoms with Crippen molar-refractivity contribution in [2.24, 2.45) is 0 Å². The second-order valence-corrected chi connectivity index (χ2v) is 4.64. The van der Waals surface area contributed by atoms with Gasteiger partial charge in [0.05, 0.1) is 19.1 Å². The van der Waals surface area contributed by atoms with Crippen LogP contribution >= 0.6 is 11.6 Å². The molecule has 1 atom stereocenters. The Bertz CT molecular complexity index is 485. The molecule has 0 spiro atoms. The first-order valence-corrected chi connectivity index (χ1v) is 7.05. The Labute approximate surface area is 124 Å². The van der Waals surface area contributed by atoms with Crippen LogP contribution < -0.4 is 0 Å². The van der Waals surface area contributed by atoms with E-state index in [9.17, 15) is 10.1 Å². The average molecular weight is 295 g/mol. The van der Waals surface area contributed by atoms with Crippen LogP contribution in [0.1, 0.15) is 31.9 Å². The van der Waals surface area contributed by atoms with Crippen molar-refractivity contribution in [2.75, 3.05) is 19.7 Å². The van der Waals surface area contributed by atoms with E-state index in [0.717, 1.165) is 5.56 Å². The van der Waals surface area contributed by atoms with Crippen LogP contribution in [0.4, 0.5) is 0 Å². The van der Waals surface area contributed by atoms with E-state index in [1.807, 2.05) is 30.0 Å². The molecular formula is C15H19ClN2O2. The molecule has 1 rings (SSSR count). The minimum atomic E-state index is -0.455. The van der Waals surface area contributed by atoms with E-state index in [1.54, 1.807) is 13.0 Å². The lowest BCUT2D eigenvalue weighted by Crippen LogP contribution is -2.30. The molecule has 0 saturated heterocycles. The fourth-order valence-corrected chi connectivity index (χ4v) is 2.22. The highest BCUT2D eigenvalue weighted by Gasteiger charge is 2.21. The minimum Gasteiger partial charge on any atom is -0.466 e. The zero-order valence-corrected chi connectivity index (χ0v) is 12.6. The highest BCUT2D eigenvalue weighted by molar-refractivity contribution is 6.31. The van der Waals surface area contributed by atoms with Gasteiger partial charge >= 0.3 is 5.97 Å². The SMILES string of the molecule is CCOC(=O)CCN(CC)C(C#N)c1ccccc1Cl. The Morgan fingerprint density at radius 1 is 1.45 bits per heavy atom. The van der Waals surface area contributed by atoms with Crippen LogP contribution in [0.3, 0.4) is 0 Å². The molecule has 4 nitrogen and oxygen atoms in total. The summed E-state index contributed by atoms with van der Waals surface area (Å²) in [6, 6.07) is 9.08. The third kappa shape index (κ3) is 4.52. The topological polar surface area (TPSA) is 53.3 Å². The second kappa shape index (κ2) is 8.57. The van der Waals surface area contributed by atoms with E-state index >= 15 is 0 Å². The van der Waals surface area contributed by atoms with Gasteiger partial charge in [0, 0.05) is 17.1 Å². The first-order chi connectivity index (χ1) is 9.63. The molecule has 20 heavy (non-hydrogen) atoms. The van der Waals surface area contributed by atoms with E-state index in [2.05, 4.69) is 6.07 Å². The lowest BCUT2D eigenvalue weighted by molar-refractivity contribution is -0.143. The highest BCUT2D eigenvalue weighted by Crippen LogP contribution is 2.27. The Morgan fingerprint density at radius 3 is 2.70 bits per heavy atom. The molecule has 0 aromatic heterocycles. The van der Waals surface area contributed by atoms with Gasteiger partial charge in [-0.25, -0.2) is 0 Å². The predicted molar refractivity (Wildman–Crippen MR) is 78.3 cm³/mol. The van der Waals surface area contributed by atoms with Crippen molar-refractivity contribution in [3.8, 4) is 6.07 Å². The molecule has 5 heteroatoms. The van der Waals surface area contributed by atoms with Crippen LogP contribution in [0.25, 0.3) is 0 Å². The number of carbonyl (C=O) groups excluding carboxylic acids is 1. The second-order valence-electron chi connectivity index (χ2n) is 4.24. The number of nitriles is 1. The molecule has 0 aliphatic rings. The number of rotatable bonds is 7. The number of nitrogens with zero attached hydrogens (tertiary/aromatic N) is 2. The molecule has 108 valence electrons. The number of hydrogen-bond acceptors (Lipinski definition) is 4. The summed E-state index contributed by atoms with van der Waals surface area (Å²) in [4.78, 5) is 13.3. The number of halogens is 1. The molecule has 0 saturated carbocycles. The molecule has 1 unspecified atom stereocenters. The molecule has 0 aliphatic heterocycles. The summed E-state index contributed by atoms with van der Waals surface area (Å²) in [6.45, 7) is 5.22. The van der Waals surface area contributed by atoms with Crippen LogP contribution in [0.5, 0.6) is 0 Å². The quantitative estimate of drug-likeness (QED) is 0.725. The van der Waals surface area contributed by atoms with Gasteiger partial charge in [0.1, 0.15) is 6.04 Å². The van der Waals surface area contributed by atoms with Gasteiger partial charge in [-0.2, -0.15) is 5.26 Å². The molecule has 0 radical (unpaired) electrons.